The van der Waals surface area contributed by atoms with E-state index in [4.69, 9.17) is 9.47 Å². The molecule has 1 aromatic carbocycles. The Morgan fingerprint density at radius 3 is 2.79 bits per heavy atom. The fraction of sp³-hybridized carbons (Fsp3) is 0.500. The second kappa shape index (κ2) is 4.89. The van der Waals surface area contributed by atoms with Crippen LogP contribution in [0.1, 0.15) is 25.3 Å². The highest BCUT2D eigenvalue weighted by Gasteiger charge is 2.54. The minimum Gasteiger partial charge on any atom is -0.338 e. The predicted molar refractivity (Wildman–Crippen MR) is 75.0 cm³/mol. The molecule has 1 fully saturated rings. The van der Waals surface area contributed by atoms with Gasteiger partial charge in [0.1, 0.15) is 0 Å². The molecule has 2 heterocycles. The maximum absolute atomic E-state index is 12.7. The molecule has 0 aromatic heterocycles. The molecule has 19 heavy (non-hydrogen) atoms. The fourth-order valence-electron chi connectivity index (χ4n) is 2.67. The van der Waals surface area contributed by atoms with Crippen LogP contribution in [0.5, 0.6) is 0 Å². The van der Waals surface area contributed by atoms with Crippen molar-refractivity contribution in [1.29, 1.82) is 0 Å². The first-order chi connectivity index (χ1) is 9.19. The molecule has 3 rings (SSSR count). The largest absolute Gasteiger partial charge is 0.338 e. The van der Waals surface area contributed by atoms with Gasteiger partial charge in [0.05, 0.1) is 18.9 Å². The van der Waals surface area contributed by atoms with Crippen molar-refractivity contribution in [3.63, 3.8) is 0 Å². The lowest BCUT2D eigenvalue weighted by Gasteiger charge is -2.32. The molecule has 0 aliphatic carbocycles. The maximum Gasteiger partial charge on any atom is 0.292 e. The molecule has 2 aliphatic heterocycles. The van der Waals surface area contributed by atoms with E-state index >= 15 is 0 Å². The average molecular weight is 326 g/mol. The lowest BCUT2D eigenvalue weighted by molar-refractivity contribution is -0.256. The first-order valence-corrected chi connectivity index (χ1v) is 7.38. The van der Waals surface area contributed by atoms with Crippen LogP contribution in [-0.4, -0.2) is 25.7 Å². The number of anilines is 1. The van der Waals surface area contributed by atoms with Gasteiger partial charge in [0, 0.05) is 16.6 Å². The van der Waals surface area contributed by atoms with Gasteiger partial charge < -0.3 is 14.4 Å². The Labute approximate surface area is 120 Å². The van der Waals surface area contributed by atoms with Gasteiger partial charge in [-0.25, -0.2) is 0 Å². The zero-order valence-electron chi connectivity index (χ0n) is 10.8. The Balaban J connectivity index is 2.12. The van der Waals surface area contributed by atoms with Gasteiger partial charge in [-0.2, -0.15) is 0 Å². The predicted octanol–water partition coefficient (Wildman–Crippen LogP) is 2.80. The van der Waals surface area contributed by atoms with Gasteiger partial charge in [-0.05, 0) is 31.0 Å². The standard InChI is InChI=1S/C14H16BrNO3/c1-2-6-16-12-5-4-10(15)9-11(12)14(13(16)17)18-7-3-8-19-14/h4-5,9H,2-3,6-8H2,1H3. The summed E-state index contributed by atoms with van der Waals surface area (Å²) in [5.41, 5.74) is 1.72. The Hall–Kier alpha value is -0.910. The van der Waals surface area contributed by atoms with Gasteiger partial charge in [-0.3, -0.25) is 4.79 Å². The molecule has 0 atom stereocenters. The van der Waals surface area contributed by atoms with Crippen LogP contribution in [0.15, 0.2) is 22.7 Å². The minimum atomic E-state index is -1.22. The molecule has 5 heteroatoms. The van der Waals surface area contributed by atoms with Crippen LogP contribution >= 0.6 is 15.9 Å². The molecular weight excluding hydrogens is 310 g/mol. The van der Waals surface area contributed by atoms with E-state index < -0.39 is 5.79 Å². The number of carbonyl (C=O) groups excluding carboxylic acids is 1. The van der Waals surface area contributed by atoms with Gasteiger partial charge in [-0.15, -0.1) is 0 Å². The van der Waals surface area contributed by atoms with Crippen molar-refractivity contribution in [2.45, 2.75) is 25.6 Å². The molecule has 0 N–H and O–H groups in total. The monoisotopic (exact) mass is 325 g/mol. The molecule has 0 saturated carbocycles. The van der Waals surface area contributed by atoms with Crippen LogP contribution in [0.2, 0.25) is 0 Å². The minimum absolute atomic E-state index is 0.0952. The molecular formula is C14H16BrNO3. The molecule has 4 nitrogen and oxygen atoms in total. The van der Waals surface area contributed by atoms with Crippen molar-refractivity contribution in [1.82, 2.24) is 0 Å². The van der Waals surface area contributed by atoms with E-state index in [0.29, 0.717) is 19.8 Å². The number of carbonyl (C=O) groups is 1. The summed E-state index contributed by atoms with van der Waals surface area (Å²) in [6, 6.07) is 5.81. The van der Waals surface area contributed by atoms with Crippen LogP contribution in [0, 0.1) is 0 Å². The summed E-state index contributed by atoms with van der Waals surface area (Å²) in [5.74, 6) is -1.31. The van der Waals surface area contributed by atoms with E-state index in [1.165, 1.54) is 0 Å². The number of hydrogen-bond acceptors (Lipinski definition) is 3. The Morgan fingerprint density at radius 1 is 1.37 bits per heavy atom. The third-order valence-corrected chi connectivity index (χ3v) is 3.97. The number of nitrogens with zero attached hydrogens (tertiary/aromatic N) is 1. The molecule has 1 amide bonds. The number of amides is 1. The molecule has 0 bridgehead atoms. The highest BCUT2D eigenvalue weighted by molar-refractivity contribution is 9.10. The molecule has 0 radical (unpaired) electrons. The molecule has 2 aliphatic rings. The number of ether oxygens (including phenoxy) is 2. The molecule has 102 valence electrons. The first-order valence-electron chi connectivity index (χ1n) is 6.59. The van der Waals surface area contributed by atoms with Crippen molar-refractivity contribution >= 4 is 27.5 Å². The van der Waals surface area contributed by atoms with E-state index in [1.54, 1.807) is 4.90 Å². The van der Waals surface area contributed by atoms with Crippen molar-refractivity contribution < 1.29 is 14.3 Å². The van der Waals surface area contributed by atoms with E-state index in [2.05, 4.69) is 22.9 Å². The summed E-state index contributed by atoms with van der Waals surface area (Å²) in [7, 11) is 0. The SMILES string of the molecule is CCCN1C(=O)C2(OCCCO2)c2cc(Br)ccc21. The van der Waals surface area contributed by atoms with Crippen LogP contribution in [0.4, 0.5) is 5.69 Å². The van der Waals surface area contributed by atoms with Crippen molar-refractivity contribution in [2.24, 2.45) is 0 Å². The lowest BCUT2D eigenvalue weighted by Crippen LogP contribution is -2.47. The normalized spacial score (nSPS) is 20.9. The van der Waals surface area contributed by atoms with Crippen molar-refractivity contribution in [3.8, 4) is 0 Å². The van der Waals surface area contributed by atoms with E-state index in [9.17, 15) is 4.79 Å². The highest BCUT2D eigenvalue weighted by Crippen LogP contribution is 2.46. The number of rotatable bonds is 2. The quantitative estimate of drug-likeness (QED) is 0.839. The molecule has 1 aromatic rings. The third kappa shape index (κ3) is 1.91. The van der Waals surface area contributed by atoms with Crippen LogP contribution in [0.25, 0.3) is 0 Å². The van der Waals surface area contributed by atoms with Crippen LogP contribution < -0.4 is 4.90 Å². The summed E-state index contributed by atoms with van der Waals surface area (Å²) in [5, 5.41) is 0. The summed E-state index contributed by atoms with van der Waals surface area (Å²) >= 11 is 3.45. The fourth-order valence-corrected chi connectivity index (χ4v) is 3.03. The summed E-state index contributed by atoms with van der Waals surface area (Å²) in [6.07, 6.45) is 1.73. The molecule has 1 saturated heterocycles. The molecule has 1 spiro atoms. The second-order valence-corrected chi connectivity index (χ2v) is 5.70. The number of fused-ring (bicyclic) bond motifs is 2. The summed E-state index contributed by atoms with van der Waals surface area (Å²) < 4.78 is 12.5. The van der Waals surface area contributed by atoms with E-state index in [-0.39, 0.29) is 5.91 Å². The van der Waals surface area contributed by atoms with Crippen molar-refractivity contribution in [2.75, 3.05) is 24.7 Å². The van der Waals surface area contributed by atoms with E-state index in [0.717, 1.165) is 28.6 Å². The van der Waals surface area contributed by atoms with E-state index in [1.807, 2.05) is 18.2 Å². The lowest BCUT2D eigenvalue weighted by atomic mass is 10.1. The molecule has 0 unspecified atom stereocenters. The average Bonchev–Trinajstić information content (AvgIpc) is 2.64. The van der Waals surface area contributed by atoms with Gasteiger partial charge in [-0.1, -0.05) is 22.9 Å². The zero-order valence-corrected chi connectivity index (χ0v) is 12.4. The topological polar surface area (TPSA) is 38.8 Å². The zero-order chi connectivity index (χ0) is 13.5. The van der Waals surface area contributed by atoms with Gasteiger partial charge in [0.25, 0.3) is 11.7 Å². The van der Waals surface area contributed by atoms with Crippen LogP contribution in [-0.2, 0) is 20.1 Å². The second-order valence-electron chi connectivity index (χ2n) is 4.79. The Morgan fingerprint density at radius 2 is 2.11 bits per heavy atom. The van der Waals surface area contributed by atoms with Gasteiger partial charge >= 0.3 is 0 Å². The highest BCUT2D eigenvalue weighted by atomic mass is 79.9. The third-order valence-electron chi connectivity index (χ3n) is 3.48. The summed E-state index contributed by atoms with van der Waals surface area (Å²) in [4.78, 5) is 14.5. The van der Waals surface area contributed by atoms with Crippen LogP contribution in [0.3, 0.4) is 0 Å². The van der Waals surface area contributed by atoms with Gasteiger partial charge in [0.2, 0.25) is 0 Å². The summed E-state index contributed by atoms with van der Waals surface area (Å²) in [6.45, 7) is 3.84. The van der Waals surface area contributed by atoms with Gasteiger partial charge in [0.15, 0.2) is 0 Å². The number of halogens is 1. The maximum atomic E-state index is 12.7. The number of benzene rings is 1. The Bertz CT molecular complexity index is 511. The smallest absolute Gasteiger partial charge is 0.292 e. The first kappa shape index (κ1) is 13.1. The van der Waals surface area contributed by atoms with Crippen molar-refractivity contribution in [3.05, 3.63) is 28.2 Å². The Kier molecular flexibility index (Phi) is 3.37. The number of hydrogen-bond donors (Lipinski definition) is 0.